The summed E-state index contributed by atoms with van der Waals surface area (Å²) in [5.74, 6) is 1.70. The Morgan fingerprint density at radius 3 is 2.22 bits per heavy atom. The third-order valence-corrected chi connectivity index (χ3v) is 7.95. The lowest BCUT2D eigenvalue weighted by Gasteiger charge is -2.51. The topological polar surface area (TPSA) is 89.9 Å². The summed E-state index contributed by atoms with van der Waals surface area (Å²) in [5, 5.41) is 24.7. The average Bonchev–Trinajstić information content (AvgIpc) is 2.73. The highest BCUT2D eigenvalue weighted by atomic mass is 32.2. The van der Waals surface area contributed by atoms with Crippen molar-refractivity contribution in [3.05, 3.63) is 29.8 Å². The molecule has 1 unspecified atom stereocenters. The van der Waals surface area contributed by atoms with E-state index in [0.717, 1.165) is 29.9 Å². The summed E-state index contributed by atoms with van der Waals surface area (Å²) in [6.07, 6.45) is 3.72. The number of rotatable bonds is 7. The minimum Gasteiger partial charge on any atom is -0.508 e. The molecule has 2 saturated heterocycles. The predicted octanol–water partition coefficient (Wildman–Crippen LogP) is 4.18. The first kappa shape index (κ1) is 25.1. The maximum atomic E-state index is 13.4. The molecule has 2 aliphatic rings. The minimum absolute atomic E-state index is 0.0542. The van der Waals surface area contributed by atoms with Crippen LogP contribution in [0, 0.1) is 11.8 Å². The van der Waals surface area contributed by atoms with Gasteiger partial charge >= 0.3 is 0 Å². The SMILES string of the molecule is CC1(C)CC(C(=O)CC(Cc2ccc(O)cc2)C(=O)NC2CCSCC2)CC(C)(C)N1O. The van der Waals surface area contributed by atoms with E-state index < -0.39 is 17.0 Å². The lowest BCUT2D eigenvalue weighted by molar-refractivity contribution is -0.249. The highest BCUT2D eigenvalue weighted by Gasteiger charge is 2.47. The largest absolute Gasteiger partial charge is 0.508 e. The normalized spacial score (nSPS) is 22.9. The number of phenols is 1. The molecule has 0 saturated carbocycles. The first-order chi connectivity index (χ1) is 15.0. The van der Waals surface area contributed by atoms with E-state index in [-0.39, 0.29) is 35.8 Å². The van der Waals surface area contributed by atoms with Crippen molar-refractivity contribution in [2.75, 3.05) is 11.5 Å². The number of thioether (sulfide) groups is 1. The molecule has 2 fully saturated rings. The number of phenolic OH excluding ortho intramolecular Hbond substituents is 1. The minimum atomic E-state index is -0.503. The zero-order valence-corrected chi connectivity index (χ0v) is 20.6. The van der Waals surface area contributed by atoms with Crippen molar-refractivity contribution < 1.29 is 19.9 Å². The molecule has 0 bridgehead atoms. The van der Waals surface area contributed by atoms with Crippen LogP contribution in [0.5, 0.6) is 5.75 Å². The molecule has 32 heavy (non-hydrogen) atoms. The van der Waals surface area contributed by atoms with Crippen LogP contribution in [0.2, 0.25) is 0 Å². The van der Waals surface area contributed by atoms with Gasteiger partial charge in [0.05, 0.1) is 0 Å². The second-order valence-corrected chi connectivity index (χ2v) is 11.9. The number of benzene rings is 1. The summed E-state index contributed by atoms with van der Waals surface area (Å²) in [5.41, 5.74) is -0.0756. The summed E-state index contributed by atoms with van der Waals surface area (Å²) in [6.45, 7) is 7.82. The lowest BCUT2D eigenvalue weighted by Crippen LogP contribution is -2.60. The zero-order chi connectivity index (χ0) is 23.5. The Morgan fingerprint density at radius 1 is 1.09 bits per heavy atom. The predicted molar refractivity (Wildman–Crippen MR) is 128 cm³/mol. The van der Waals surface area contributed by atoms with Gasteiger partial charge in [0, 0.05) is 35.4 Å². The molecular formula is C25H38N2O4S. The summed E-state index contributed by atoms with van der Waals surface area (Å²) in [7, 11) is 0. The molecule has 0 spiro atoms. The van der Waals surface area contributed by atoms with Crippen LogP contribution in [0.3, 0.4) is 0 Å². The number of nitrogens with zero attached hydrogens (tertiary/aromatic N) is 1. The van der Waals surface area contributed by atoms with Crippen LogP contribution >= 0.6 is 11.8 Å². The fourth-order valence-corrected chi connectivity index (χ4v) is 6.35. The fourth-order valence-electron chi connectivity index (χ4n) is 5.24. The van der Waals surface area contributed by atoms with Gasteiger partial charge in [0.25, 0.3) is 0 Å². The third kappa shape index (κ3) is 6.27. The van der Waals surface area contributed by atoms with E-state index in [0.29, 0.717) is 19.3 Å². The molecule has 1 aromatic rings. The number of Topliss-reactive ketones (excluding diaryl/α,β-unsaturated/α-hetero) is 1. The zero-order valence-electron chi connectivity index (χ0n) is 19.8. The van der Waals surface area contributed by atoms with Crippen molar-refractivity contribution in [2.45, 2.75) is 83.3 Å². The van der Waals surface area contributed by atoms with Gasteiger partial charge in [-0.2, -0.15) is 16.8 Å². The van der Waals surface area contributed by atoms with Crippen LogP contribution < -0.4 is 5.32 Å². The van der Waals surface area contributed by atoms with Gasteiger partial charge in [0.1, 0.15) is 11.5 Å². The summed E-state index contributed by atoms with van der Waals surface area (Å²) in [6, 6.07) is 7.04. The molecule has 1 aromatic carbocycles. The molecule has 0 radical (unpaired) electrons. The van der Waals surface area contributed by atoms with Crippen LogP contribution in [0.4, 0.5) is 0 Å². The van der Waals surface area contributed by atoms with E-state index >= 15 is 0 Å². The van der Waals surface area contributed by atoms with Crippen molar-refractivity contribution in [1.29, 1.82) is 0 Å². The molecular weight excluding hydrogens is 424 g/mol. The van der Waals surface area contributed by atoms with Crippen LogP contribution in [-0.4, -0.2) is 55.7 Å². The molecule has 178 valence electrons. The number of nitrogens with one attached hydrogen (secondary N) is 1. The first-order valence-corrected chi connectivity index (χ1v) is 12.8. The molecule has 7 heteroatoms. The Bertz CT molecular complexity index is 785. The van der Waals surface area contributed by atoms with Gasteiger partial charge in [0.15, 0.2) is 0 Å². The smallest absolute Gasteiger partial charge is 0.224 e. The van der Waals surface area contributed by atoms with E-state index in [2.05, 4.69) is 5.32 Å². The van der Waals surface area contributed by atoms with Crippen LogP contribution in [0.1, 0.15) is 65.4 Å². The van der Waals surface area contributed by atoms with Crippen molar-refractivity contribution in [2.24, 2.45) is 11.8 Å². The van der Waals surface area contributed by atoms with Gasteiger partial charge in [-0.1, -0.05) is 12.1 Å². The van der Waals surface area contributed by atoms with Crippen LogP contribution in [-0.2, 0) is 16.0 Å². The Balaban J connectivity index is 1.73. The number of hydrogen-bond donors (Lipinski definition) is 3. The molecule has 6 nitrogen and oxygen atoms in total. The number of hydrogen-bond acceptors (Lipinski definition) is 6. The summed E-state index contributed by atoms with van der Waals surface area (Å²) >= 11 is 1.91. The fraction of sp³-hybridized carbons (Fsp3) is 0.680. The van der Waals surface area contributed by atoms with E-state index in [1.807, 2.05) is 51.6 Å². The van der Waals surface area contributed by atoms with Gasteiger partial charge in [0.2, 0.25) is 5.91 Å². The molecule has 1 amide bonds. The molecule has 0 aliphatic carbocycles. The number of amides is 1. The van der Waals surface area contributed by atoms with E-state index in [1.165, 1.54) is 5.06 Å². The molecule has 2 aliphatic heterocycles. The van der Waals surface area contributed by atoms with Crippen molar-refractivity contribution >= 4 is 23.5 Å². The Kier molecular flexibility index (Phi) is 7.94. The molecule has 2 heterocycles. The number of carbonyl (C=O) groups is 2. The second-order valence-electron chi connectivity index (χ2n) is 10.7. The highest BCUT2D eigenvalue weighted by molar-refractivity contribution is 7.99. The van der Waals surface area contributed by atoms with Crippen LogP contribution in [0.15, 0.2) is 24.3 Å². The number of carbonyl (C=O) groups excluding carboxylic acids is 2. The number of ketones is 1. The molecule has 1 atom stereocenters. The standard InChI is InChI=1S/C25H38N2O4S/c1-24(2)15-19(16-25(3,4)27(24)31)22(29)14-18(13-17-5-7-21(28)8-6-17)23(30)26-20-9-11-32-12-10-20/h5-8,18-20,28,31H,9-16H2,1-4H3,(H,26,30). The third-order valence-electron chi connectivity index (χ3n) is 6.90. The molecule has 3 rings (SSSR count). The van der Waals surface area contributed by atoms with Crippen molar-refractivity contribution in [3.8, 4) is 5.75 Å². The lowest BCUT2D eigenvalue weighted by atomic mass is 9.72. The maximum absolute atomic E-state index is 13.4. The second kappa shape index (κ2) is 10.1. The van der Waals surface area contributed by atoms with Gasteiger partial charge < -0.3 is 15.6 Å². The van der Waals surface area contributed by atoms with Crippen LogP contribution in [0.25, 0.3) is 0 Å². The van der Waals surface area contributed by atoms with Gasteiger partial charge in [-0.15, -0.1) is 0 Å². The van der Waals surface area contributed by atoms with Gasteiger partial charge in [-0.3, -0.25) is 9.59 Å². The van der Waals surface area contributed by atoms with Crippen molar-refractivity contribution in [1.82, 2.24) is 10.4 Å². The Labute approximate surface area is 196 Å². The Morgan fingerprint density at radius 2 is 1.66 bits per heavy atom. The number of aromatic hydroxyl groups is 1. The Hall–Kier alpha value is -1.57. The van der Waals surface area contributed by atoms with E-state index in [4.69, 9.17) is 0 Å². The number of hydroxylamine groups is 2. The van der Waals surface area contributed by atoms with Gasteiger partial charge in [-0.25, -0.2) is 0 Å². The average molecular weight is 463 g/mol. The number of piperidine rings is 1. The molecule has 0 aromatic heterocycles. The molecule has 3 N–H and O–H groups in total. The van der Waals surface area contributed by atoms with E-state index in [1.54, 1.807) is 12.1 Å². The summed E-state index contributed by atoms with van der Waals surface area (Å²) < 4.78 is 0. The maximum Gasteiger partial charge on any atom is 0.224 e. The summed E-state index contributed by atoms with van der Waals surface area (Å²) in [4.78, 5) is 26.6. The van der Waals surface area contributed by atoms with Crippen molar-refractivity contribution in [3.63, 3.8) is 0 Å². The van der Waals surface area contributed by atoms with Gasteiger partial charge in [-0.05, 0) is 89.0 Å². The highest BCUT2D eigenvalue weighted by Crippen LogP contribution is 2.41. The van der Waals surface area contributed by atoms with E-state index in [9.17, 15) is 19.9 Å². The quantitative estimate of drug-likeness (QED) is 0.563. The first-order valence-electron chi connectivity index (χ1n) is 11.7. The monoisotopic (exact) mass is 462 g/mol.